The van der Waals surface area contributed by atoms with Gasteiger partial charge in [0.2, 0.25) is 5.95 Å². The highest BCUT2D eigenvalue weighted by Crippen LogP contribution is 2.29. The molecule has 8 heteroatoms. The van der Waals surface area contributed by atoms with Crippen molar-refractivity contribution in [3.05, 3.63) is 59.9 Å². The summed E-state index contributed by atoms with van der Waals surface area (Å²) in [5.41, 5.74) is 1.93. The van der Waals surface area contributed by atoms with Gasteiger partial charge in [-0.2, -0.15) is 0 Å². The van der Waals surface area contributed by atoms with E-state index in [1.807, 2.05) is 35.7 Å². The number of anilines is 1. The zero-order chi connectivity index (χ0) is 18.8. The Labute approximate surface area is 167 Å². The van der Waals surface area contributed by atoms with E-state index in [2.05, 4.69) is 31.7 Å². The quantitative estimate of drug-likeness (QED) is 0.663. The van der Waals surface area contributed by atoms with Crippen molar-refractivity contribution >= 4 is 17.3 Å². The minimum Gasteiger partial charge on any atom is -0.371 e. The molecule has 0 unspecified atom stereocenters. The van der Waals surface area contributed by atoms with Gasteiger partial charge in [-0.3, -0.25) is 4.98 Å². The molecule has 2 saturated heterocycles. The molecule has 3 aromatic rings. The number of ether oxygens (including phenoxy) is 2. The van der Waals surface area contributed by atoms with Crippen LogP contribution in [0, 0.1) is 0 Å². The van der Waals surface area contributed by atoms with Gasteiger partial charge in [-0.1, -0.05) is 12.1 Å². The van der Waals surface area contributed by atoms with Crippen molar-refractivity contribution < 1.29 is 9.47 Å². The van der Waals surface area contributed by atoms with Gasteiger partial charge < -0.3 is 20.1 Å². The van der Waals surface area contributed by atoms with Gasteiger partial charge in [0.05, 0.1) is 41.6 Å². The van der Waals surface area contributed by atoms with E-state index in [0.29, 0.717) is 25.7 Å². The maximum absolute atomic E-state index is 6.04. The van der Waals surface area contributed by atoms with E-state index >= 15 is 0 Å². The van der Waals surface area contributed by atoms with E-state index in [9.17, 15) is 0 Å². The number of hydrogen-bond donors (Lipinski definition) is 2. The van der Waals surface area contributed by atoms with Crippen LogP contribution in [0.2, 0.25) is 0 Å². The second-order valence-electron chi connectivity index (χ2n) is 6.90. The number of fused-ring (bicyclic) bond motifs is 1. The van der Waals surface area contributed by atoms with Crippen LogP contribution in [0.5, 0.6) is 0 Å². The van der Waals surface area contributed by atoms with Crippen molar-refractivity contribution in [2.45, 2.75) is 30.8 Å². The first-order chi connectivity index (χ1) is 13.9. The zero-order valence-corrected chi connectivity index (χ0v) is 16.0. The molecular formula is C20H21N5O2S. The molecule has 5 heterocycles. The van der Waals surface area contributed by atoms with E-state index < -0.39 is 0 Å². The smallest absolute Gasteiger partial charge is 0.223 e. The van der Waals surface area contributed by atoms with Crippen molar-refractivity contribution in [3.63, 3.8) is 0 Å². The lowest BCUT2D eigenvalue weighted by Gasteiger charge is -2.18. The van der Waals surface area contributed by atoms with Crippen molar-refractivity contribution in [1.82, 2.24) is 20.3 Å². The first-order valence-corrected chi connectivity index (χ1v) is 10.2. The first-order valence-electron chi connectivity index (χ1n) is 9.37. The van der Waals surface area contributed by atoms with Crippen molar-refractivity contribution in [2.75, 3.05) is 18.5 Å². The molecule has 4 atom stereocenters. The summed E-state index contributed by atoms with van der Waals surface area (Å²) in [7, 11) is 0. The fourth-order valence-electron chi connectivity index (χ4n) is 3.69. The number of nitrogens with one attached hydrogen (secondary N) is 2. The Morgan fingerprint density at radius 1 is 0.964 bits per heavy atom. The van der Waals surface area contributed by atoms with E-state index in [-0.39, 0.29) is 24.3 Å². The minimum absolute atomic E-state index is 0.0155. The van der Waals surface area contributed by atoms with Crippen molar-refractivity contribution in [3.8, 4) is 10.6 Å². The first kappa shape index (κ1) is 17.7. The summed E-state index contributed by atoms with van der Waals surface area (Å²) in [6.45, 7) is 1.89. The molecule has 0 aromatic carbocycles. The van der Waals surface area contributed by atoms with Crippen LogP contribution >= 0.6 is 11.3 Å². The lowest BCUT2D eigenvalue weighted by atomic mass is 10.1. The standard InChI is InChI=1S/C20H21N5O2S/c1-2-7-21-13(4-1)10-23-15-11-26-19-16(12-27-18(15)19)25-20-22-8-6-14(24-20)17-5-3-9-28-17/h1-9,15-16,18-19,23H,10-12H2,(H,22,24,25)/t15-,16-,18+,19+/m0/s1. The zero-order valence-electron chi connectivity index (χ0n) is 15.2. The normalized spacial score (nSPS) is 26.3. The lowest BCUT2D eigenvalue weighted by Crippen LogP contribution is -2.42. The molecule has 0 radical (unpaired) electrons. The van der Waals surface area contributed by atoms with Crippen LogP contribution in [0.15, 0.2) is 54.2 Å². The van der Waals surface area contributed by atoms with Crippen LogP contribution in [0.1, 0.15) is 5.69 Å². The summed E-state index contributed by atoms with van der Waals surface area (Å²) in [5, 5.41) is 8.96. The molecular weight excluding hydrogens is 374 g/mol. The highest BCUT2D eigenvalue weighted by Gasteiger charge is 2.47. The Morgan fingerprint density at radius 2 is 1.86 bits per heavy atom. The minimum atomic E-state index is -0.0183. The number of rotatable bonds is 6. The summed E-state index contributed by atoms with van der Waals surface area (Å²) in [5.74, 6) is 0.605. The molecule has 0 amide bonds. The summed E-state index contributed by atoms with van der Waals surface area (Å²) in [6.07, 6.45) is 3.59. The van der Waals surface area contributed by atoms with Crippen molar-refractivity contribution in [2.24, 2.45) is 0 Å². The van der Waals surface area contributed by atoms with Crippen molar-refractivity contribution in [1.29, 1.82) is 0 Å². The Hall–Kier alpha value is -2.39. The fourth-order valence-corrected chi connectivity index (χ4v) is 4.39. The average Bonchev–Trinajstić information content (AvgIpc) is 3.47. The SMILES string of the molecule is c1ccc(CN[C@H]2CO[C@H]3[C@@H]2OC[C@@H]3Nc2nccc(-c3cccs3)n2)nc1. The van der Waals surface area contributed by atoms with Crippen LogP contribution < -0.4 is 10.6 Å². The monoisotopic (exact) mass is 395 g/mol. The molecule has 0 bridgehead atoms. The number of pyridine rings is 1. The van der Waals surface area contributed by atoms with Gasteiger partial charge in [0, 0.05) is 18.9 Å². The molecule has 2 N–H and O–H groups in total. The molecule has 0 saturated carbocycles. The number of aromatic nitrogens is 3. The average molecular weight is 395 g/mol. The number of thiophene rings is 1. The molecule has 5 rings (SSSR count). The van der Waals surface area contributed by atoms with Crippen LogP contribution in [0.3, 0.4) is 0 Å². The largest absolute Gasteiger partial charge is 0.371 e. The van der Waals surface area contributed by atoms with Gasteiger partial charge >= 0.3 is 0 Å². The predicted octanol–water partition coefficient (Wildman–Crippen LogP) is 2.34. The van der Waals surface area contributed by atoms with Crippen LogP contribution in [0.4, 0.5) is 5.95 Å². The van der Waals surface area contributed by atoms with E-state index in [1.54, 1.807) is 23.7 Å². The summed E-state index contributed by atoms with van der Waals surface area (Å²) in [6, 6.07) is 12.1. The molecule has 144 valence electrons. The molecule has 0 aliphatic carbocycles. The second kappa shape index (κ2) is 7.92. The topological polar surface area (TPSA) is 81.2 Å². The Kier molecular flexibility index (Phi) is 5.01. The Morgan fingerprint density at radius 3 is 2.68 bits per heavy atom. The molecule has 7 nitrogen and oxygen atoms in total. The maximum atomic E-state index is 6.04. The number of nitrogens with zero attached hydrogens (tertiary/aromatic N) is 3. The van der Waals surface area contributed by atoms with E-state index in [4.69, 9.17) is 9.47 Å². The molecule has 3 aromatic heterocycles. The third-order valence-electron chi connectivity index (χ3n) is 5.07. The van der Waals surface area contributed by atoms with Crippen LogP contribution in [0.25, 0.3) is 10.6 Å². The molecule has 2 aliphatic heterocycles. The third-order valence-corrected chi connectivity index (χ3v) is 5.96. The van der Waals surface area contributed by atoms with Gasteiger partial charge in [-0.05, 0) is 29.6 Å². The molecule has 0 spiro atoms. The number of hydrogen-bond acceptors (Lipinski definition) is 8. The highest BCUT2D eigenvalue weighted by atomic mass is 32.1. The molecule has 2 aliphatic rings. The third kappa shape index (κ3) is 3.64. The maximum Gasteiger partial charge on any atom is 0.223 e. The Balaban J connectivity index is 1.21. The van der Waals surface area contributed by atoms with Gasteiger partial charge in [0.1, 0.15) is 12.2 Å². The lowest BCUT2D eigenvalue weighted by molar-refractivity contribution is 0.0674. The highest BCUT2D eigenvalue weighted by molar-refractivity contribution is 7.13. The Bertz CT molecular complexity index is 908. The van der Waals surface area contributed by atoms with Gasteiger partial charge in [-0.25, -0.2) is 9.97 Å². The summed E-state index contributed by atoms with van der Waals surface area (Å²) < 4.78 is 12.1. The summed E-state index contributed by atoms with van der Waals surface area (Å²) >= 11 is 1.67. The van der Waals surface area contributed by atoms with Crippen LogP contribution in [-0.2, 0) is 16.0 Å². The van der Waals surface area contributed by atoms with E-state index in [0.717, 1.165) is 16.3 Å². The fraction of sp³-hybridized carbons (Fsp3) is 0.350. The van der Waals surface area contributed by atoms with Gasteiger partial charge in [0.25, 0.3) is 0 Å². The predicted molar refractivity (Wildman–Crippen MR) is 107 cm³/mol. The van der Waals surface area contributed by atoms with Gasteiger partial charge in [0.15, 0.2) is 0 Å². The summed E-state index contributed by atoms with van der Waals surface area (Å²) in [4.78, 5) is 14.5. The van der Waals surface area contributed by atoms with Gasteiger partial charge in [-0.15, -0.1) is 11.3 Å². The van der Waals surface area contributed by atoms with E-state index in [1.165, 1.54) is 0 Å². The second-order valence-corrected chi connectivity index (χ2v) is 7.85. The van der Waals surface area contributed by atoms with Crippen LogP contribution in [-0.4, -0.2) is 52.5 Å². The molecule has 28 heavy (non-hydrogen) atoms. The molecule has 2 fully saturated rings.